The molecule has 0 aliphatic rings. The number of fused-ring (bicyclic) bond motifs is 1. The molecule has 10 nitrogen and oxygen atoms in total. The molecule has 0 atom stereocenters. The lowest BCUT2D eigenvalue weighted by Crippen LogP contribution is -2.35. The van der Waals surface area contributed by atoms with Crippen molar-refractivity contribution in [2.45, 2.75) is 26.9 Å². The number of aromatic hydroxyl groups is 1. The van der Waals surface area contributed by atoms with Crippen LogP contribution in [0.15, 0.2) is 35.3 Å². The number of halogens is 1. The van der Waals surface area contributed by atoms with Crippen molar-refractivity contribution in [2.75, 3.05) is 20.2 Å². The number of hydroxylamine groups is 2. The van der Waals surface area contributed by atoms with Gasteiger partial charge in [0.25, 0.3) is 11.5 Å². The average molecular weight is 487 g/mol. The number of ether oxygens (including phenoxy) is 1. The van der Waals surface area contributed by atoms with E-state index in [1.54, 1.807) is 26.0 Å². The van der Waals surface area contributed by atoms with Gasteiger partial charge in [0.1, 0.15) is 17.9 Å². The van der Waals surface area contributed by atoms with E-state index in [2.05, 4.69) is 10.3 Å². The number of hydrogen-bond donors (Lipinski definition) is 2. The second-order valence-electron chi connectivity index (χ2n) is 7.68. The maximum Gasteiger partial charge on any atom is 0.407 e. The van der Waals surface area contributed by atoms with E-state index < -0.39 is 34.7 Å². The molecule has 0 saturated heterocycles. The van der Waals surface area contributed by atoms with Gasteiger partial charge in [-0.2, -0.15) is 0 Å². The quantitative estimate of drug-likeness (QED) is 0.469. The summed E-state index contributed by atoms with van der Waals surface area (Å²) in [6.45, 7) is 3.87. The van der Waals surface area contributed by atoms with Gasteiger partial charge in [-0.15, -0.1) is 0 Å². The van der Waals surface area contributed by atoms with E-state index in [4.69, 9.17) is 9.57 Å². The summed E-state index contributed by atoms with van der Waals surface area (Å²) >= 11 is 0. The normalized spacial score (nSPS) is 10.9. The molecule has 186 valence electrons. The van der Waals surface area contributed by atoms with Crippen LogP contribution in [-0.4, -0.2) is 51.9 Å². The largest absolute Gasteiger partial charge is 0.505 e. The number of aromatic nitrogens is 2. The summed E-state index contributed by atoms with van der Waals surface area (Å²) < 4.78 is 20.2. The van der Waals surface area contributed by atoms with E-state index in [0.717, 1.165) is 5.06 Å². The minimum Gasteiger partial charge on any atom is -0.505 e. The molecule has 0 fully saturated rings. The number of aryl methyl sites for hydroxylation is 1. The van der Waals surface area contributed by atoms with Gasteiger partial charge in [-0.1, -0.05) is 6.07 Å². The summed E-state index contributed by atoms with van der Waals surface area (Å²) in [5.41, 5.74) is 1.07. The second kappa shape index (κ2) is 11.0. The summed E-state index contributed by atoms with van der Waals surface area (Å²) in [5, 5.41) is 14.2. The number of benzene rings is 1. The number of carbonyl (C=O) groups excluding carboxylic acids is 2. The molecule has 2 heterocycles. The van der Waals surface area contributed by atoms with E-state index in [1.807, 2.05) is 0 Å². The zero-order chi connectivity index (χ0) is 25.7. The number of nitrogens with one attached hydrogen (secondary N) is 1. The number of pyridine rings is 2. The predicted octanol–water partition coefficient (Wildman–Crippen LogP) is 2.64. The molecule has 2 N–H and O–H groups in total. The molecule has 0 saturated carbocycles. The zero-order valence-electron chi connectivity index (χ0n) is 19.9. The van der Waals surface area contributed by atoms with Gasteiger partial charge in [0.15, 0.2) is 11.3 Å². The Morgan fingerprint density at radius 1 is 1.23 bits per heavy atom. The SMILES string of the molecule is CCNC(=O)OCc1cc(F)ccc1Cc1cnc2c(O)c(C(=O)N(CC)OC)c(=O)n(C)c2c1. The van der Waals surface area contributed by atoms with E-state index in [-0.39, 0.29) is 18.7 Å². The van der Waals surface area contributed by atoms with Gasteiger partial charge in [0.05, 0.1) is 12.6 Å². The van der Waals surface area contributed by atoms with Crippen molar-refractivity contribution in [2.24, 2.45) is 7.05 Å². The van der Waals surface area contributed by atoms with Crippen LogP contribution >= 0.6 is 0 Å². The highest BCUT2D eigenvalue weighted by molar-refractivity contribution is 6.00. The van der Waals surface area contributed by atoms with Crippen LogP contribution in [0.3, 0.4) is 0 Å². The van der Waals surface area contributed by atoms with Crippen molar-refractivity contribution in [1.29, 1.82) is 0 Å². The first-order chi connectivity index (χ1) is 16.7. The molecule has 2 aromatic heterocycles. The first-order valence-electron chi connectivity index (χ1n) is 11.0. The fraction of sp³-hybridized carbons (Fsp3) is 0.333. The smallest absolute Gasteiger partial charge is 0.407 e. The molecular formula is C24H27FN4O6. The van der Waals surface area contributed by atoms with Crippen molar-refractivity contribution in [3.05, 3.63) is 68.9 Å². The third kappa shape index (κ3) is 5.40. The minimum atomic E-state index is -0.774. The second-order valence-corrected chi connectivity index (χ2v) is 7.68. The lowest BCUT2D eigenvalue weighted by Gasteiger charge is -2.19. The zero-order valence-corrected chi connectivity index (χ0v) is 19.9. The molecule has 2 amide bonds. The maximum atomic E-state index is 13.8. The lowest BCUT2D eigenvalue weighted by molar-refractivity contribution is -0.0917. The first kappa shape index (κ1) is 25.6. The number of amides is 2. The molecular weight excluding hydrogens is 459 g/mol. The number of alkyl carbamates (subject to hydrolysis) is 1. The summed E-state index contributed by atoms with van der Waals surface area (Å²) in [7, 11) is 2.76. The Morgan fingerprint density at radius 2 is 1.97 bits per heavy atom. The highest BCUT2D eigenvalue weighted by atomic mass is 19.1. The molecule has 35 heavy (non-hydrogen) atoms. The Kier molecular flexibility index (Phi) is 8.02. The molecule has 0 spiro atoms. The van der Waals surface area contributed by atoms with Crippen LogP contribution in [0.2, 0.25) is 0 Å². The molecule has 3 rings (SSSR count). The Hall–Kier alpha value is -3.99. The molecule has 1 aromatic carbocycles. The maximum absolute atomic E-state index is 13.8. The van der Waals surface area contributed by atoms with Crippen molar-refractivity contribution in [1.82, 2.24) is 19.9 Å². The number of carbonyl (C=O) groups is 2. The van der Waals surface area contributed by atoms with Crippen LogP contribution in [0.1, 0.15) is 40.9 Å². The summed E-state index contributed by atoms with van der Waals surface area (Å²) in [6, 6.07) is 5.83. The highest BCUT2D eigenvalue weighted by Gasteiger charge is 2.26. The number of hydrogen-bond acceptors (Lipinski definition) is 7. The van der Waals surface area contributed by atoms with Gasteiger partial charge in [-0.05, 0) is 55.2 Å². The number of nitrogens with zero attached hydrogens (tertiary/aromatic N) is 3. The van der Waals surface area contributed by atoms with Gasteiger partial charge in [0, 0.05) is 26.3 Å². The van der Waals surface area contributed by atoms with Crippen molar-refractivity contribution in [3.8, 4) is 5.75 Å². The van der Waals surface area contributed by atoms with E-state index in [9.17, 15) is 23.9 Å². The Morgan fingerprint density at radius 3 is 2.63 bits per heavy atom. The lowest BCUT2D eigenvalue weighted by atomic mass is 10.0. The fourth-order valence-electron chi connectivity index (χ4n) is 3.66. The molecule has 0 aliphatic heterocycles. The van der Waals surface area contributed by atoms with Crippen molar-refractivity contribution >= 4 is 23.0 Å². The molecule has 0 radical (unpaired) electrons. The van der Waals surface area contributed by atoms with Crippen molar-refractivity contribution < 1.29 is 28.7 Å². The van der Waals surface area contributed by atoms with Gasteiger partial charge >= 0.3 is 6.09 Å². The molecule has 11 heteroatoms. The van der Waals surface area contributed by atoms with Gasteiger partial charge in [-0.3, -0.25) is 19.4 Å². The van der Waals surface area contributed by atoms with Crippen LogP contribution in [0.4, 0.5) is 9.18 Å². The highest BCUT2D eigenvalue weighted by Crippen LogP contribution is 2.27. The van der Waals surface area contributed by atoms with E-state index in [1.165, 1.54) is 37.1 Å². The van der Waals surface area contributed by atoms with Gasteiger partial charge in [0.2, 0.25) is 0 Å². The van der Waals surface area contributed by atoms with Gasteiger partial charge < -0.3 is 19.7 Å². The van der Waals surface area contributed by atoms with E-state index >= 15 is 0 Å². The Bertz CT molecular complexity index is 1320. The Labute approximate surface area is 200 Å². The first-order valence-corrected chi connectivity index (χ1v) is 11.0. The van der Waals surface area contributed by atoms with Crippen LogP contribution in [0.5, 0.6) is 5.75 Å². The fourth-order valence-corrected chi connectivity index (χ4v) is 3.66. The summed E-state index contributed by atoms with van der Waals surface area (Å²) in [4.78, 5) is 46.5. The molecule has 0 unspecified atom stereocenters. The molecule has 0 aliphatic carbocycles. The van der Waals surface area contributed by atoms with Crippen LogP contribution in [0.25, 0.3) is 11.0 Å². The van der Waals surface area contributed by atoms with E-state index in [0.29, 0.717) is 35.2 Å². The van der Waals surface area contributed by atoms with Crippen molar-refractivity contribution in [3.63, 3.8) is 0 Å². The standard InChI is InChI=1S/C24H27FN4O6/c1-5-26-24(33)35-13-16-11-17(25)8-7-15(16)9-14-10-18-20(27-12-14)21(30)19(22(31)28(18)3)23(32)29(6-2)34-4/h7-8,10-12,30H,5-6,9,13H2,1-4H3,(H,26,33). The van der Waals surface area contributed by atoms with Crippen LogP contribution in [-0.2, 0) is 29.6 Å². The van der Waals surface area contributed by atoms with Gasteiger partial charge in [-0.25, -0.2) is 14.2 Å². The van der Waals surface area contributed by atoms with Crippen LogP contribution in [0, 0.1) is 5.82 Å². The monoisotopic (exact) mass is 486 g/mol. The minimum absolute atomic E-state index is 0.0743. The summed E-state index contributed by atoms with van der Waals surface area (Å²) in [5.74, 6) is -1.78. The van der Waals surface area contributed by atoms with Crippen LogP contribution < -0.4 is 10.9 Å². The molecule has 3 aromatic rings. The third-order valence-corrected chi connectivity index (χ3v) is 5.46. The number of rotatable bonds is 8. The Balaban J connectivity index is 1.99. The molecule has 0 bridgehead atoms. The topological polar surface area (TPSA) is 123 Å². The summed E-state index contributed by atoms with van der Waals surface area (Å²) in [6.07, 6.45) is 1.17. The third-order valence-electron chi connectivity index (χ3n) is 5.46. The predicted molar refractivity (Wildman–Crippen MR) is 125 cm³/mol. The average Bonchev–Trinajstić information content (AvgIpc) is 2.83.